The van der Waals surface area contributed by atoms with Crippen molar-refractivity contribution in [1.82, 2.24) is 9.78 Å². The highest BCUT2D eigenvalue weighted by atomic mass is 16.5. The molecule has 0 atom stereocenters. The Morgan fingerprint density at radius 1 is 1.62 bits per heavy atom. The average molecular weight is 183 g/mol. The van der Waals surface area contributed by atoms with E-state index in [9.17, 15) is 0 Å². The summed E-state index contributed by atoms with van der Waals surface area (Å²) >= 11 is 0. The minimum atomic E-state index is 0.463. The van der Waals surface area contributed by atoms with E-state index in [1.54, 1.807) is 4.68 Å². The first-order valence-electron chi connectivity index (χ1n) is 4.63. The number of aryl methyl sites for hydroxylation is 1. The van der Waals surface area contributed by atoms with E-state index in [4.69, 9.17) is 10.5 Å². The molecule has 4 heteroatoms. The van der Waals surface area contributed by atoms with Crippen molar-refractivity contribution in [1.29, 1.82) is 0 Å². The number of hydrogen-bond donors (Lipinski definition) is 1. The fourth-order valence-electron chi connectivity index (χ4n) is 1.06. The normalized spacial score (nSPS) is 10.4. The van der Waals surface area contributed by atoms with Gasteiger partial charge in [0, 0.05) is 19.7 Å². The maximum atomic E-state index is 5.50. The third kappa shape index (κ3) is 2.73. The maximum Gasteiger partial charge on any atom is 0.211 e. The number of aromatic nitrogens is 2. The number of nitrogens with two attached hydrogens (primary N) is 1. The number of nitrogens with zero attached hydrogens (tertiary/aromatic N) is 2. The molecule has 0 aromatic carbocycles. The number of unbranched alkanes of at least 4 members (excludes halogenated alkanes) is 1. The molecule has 0 unspecified atom stereocenters. The van der Waals surface area contributed by atoms with E-state index in [0.717, 1.165) is 31.0 Å². The third-order valence-corrected chi connectivity index (χ3v) is 1.84. The number of hydrogen-bond acceptors (Lipinski definition) is 3. The first kappa shape index (κ1) is 10.1. The highest BCUT2D eigenvalue weighted by Gasteiger charge is 2.03. The number of rotatable bonds is 5. The topological polar surface area (TPSA) is 53.1 Å². The van der Waals surface area contributed by atoms with Gasteiger partial charge in [-0.25, -0.2) is 4.68 Å². The Kier molecular flexibility index (Phi) is 3.76. The Balaban J connectivity index is 2.50. The van der Waals surface area contributed by atoms with E-state index in [0.29, 0.717) is 6.54 Å². The minimum Gasteiger partial charge on any atom is -0.478 e. The lowest BCUT2D eigenvalue weighted by atomic mass is 10.4. The highest BCUT2D eigenvalue weighted by molar-refractivity contribution is 5.15. The van der Waals surface area contributed by atoms with Gasteiger partial charge in [-0.1, -0.05) is 13.3 Å². The fraction of sp³-hybridized carbons (Fsp3) is 0.667. The quantitative estimate of drug-likeness (QED) is 0.694. The molecule has 2 N–H and O–H groups in total. The number of ether oxygens (including phenoxy) is 1. The summed E-state index contributed by atoms with van der Waals surface area (Å²) in [4.78, 5) is 0. The van der Waals surface area contributed by atoms with Gasteiger partial charge in [-0.05, 0) is 6.42 Å². The predicted molar refractivity (Wildman–Crippen MR) is 51.5 cm³/mol. The SMILES string of the molecule is CCCCOc1cc(CN)nn1C. The van der Waals surface area contributed by atoms with Crippen molar-refractivity contribution in [3.05, 3.63) is 11.8 Å². The van der Waals surface area contributed by atoms with Gasteiger partial charge in [-0.2, -0.15) is 5.10 Å². The second-order valence-electron chi connectivity index (χ2n) is 3.00. The second-order valence-corrected chi connectivity index (χ2v) is 3.00. The van der Waals surface area contributed by atoms with Gasteiger partial charge in [0.2, 0.25) is 5.88 Å². The van der Waals surface area contributed by atoms with Crippen LogP contribution in [-0.2, 0) is 13.6 Å². The Hall–Kier alpha value is -1.03. The monoisotopic (exact) mass is 183 g/mol. The Labute approximate surface area is 78.7 Å². The molecule has 0 spiro atoms. The largest absolute Gasteiger partial charge is 0.478 e. The van der Waals surface area contributed by atoms with Gasteiger partial charge in [0.25, 0.3) is 0 Å². The summed E-state index contributed by atoms with van der Waals surface area (Å²) in [6.07, 6.45) is 2.21. The zero-order chi connectivity index (χ0) is 9.68. The van der Waals surface area contributed by atoms with Gasteiger partial charge in [0.15, 0.2) is 0 Å². The molecule has 13 heavy (non-hydrogen) atoms. The van der Waals surface area contributed by atoms with Gasteiger partial charge in [-0.15, -0.1) is 0 Å². The van der Waals surface area contributed by atoms with Crippen molar-refractivity contribution in [3.8, 4) is 5.88 Å². The molecule has 74 valence electrons. The Bertz CT molecular complexity index is 257. The summed E-state index contributed by atoms with van der Waals surface area (Å²) in [5.74, 6) is 0.800. The first-order valence-corrected chi connectivity index (χ1v) is 4.63. The summed E-state index contributed by atoms with van der Waals surface area (Å²) in [5, 5.41) is 4.17. The molecule has 0 aliphatic rings. The van der Waals surface area contributed by atoms with Crippen LogP contribution in [0, 0.1) is 0 Å². The lowest BCUT2D eigenvalue weighted by molar-refractivity contribution is 0.283. The molecule has 1 heterocycles. The molecule has 0 bridgehead atoms. The molecule has 0 saturated heterocycles. The summed E-state index contributed by atoms with van der Waals surface area (Å²) in [6.45, 7) is 3.35. The molecule has 0 radical (unpaired) electrons. The minimum absolute atomic E-state index is 0.463. The zero-order valence-corrected chi connectivity index (χ0v) is 8.29. The molecular weight excluding hydrogens is 166 g/mol. The Morgan fingerprint density at radius 3 is 2.92 bits per heavy atom. The molecule has 0 amide bonds. The van der Waals surface area contributed by atoms with Gasteiger partial charge in [0.05, 0.1) is 12.3 Å². The van der Waals surface area contributed by atoms with Crippen molar-refractivity contribution in [2.24, 2.45) is 12.8 Å². The van der Waals surface area contributed by atoms with Crippen LogP contribution < -0.4 is 10.5 Å². The third-order valence-electron chi connectivity index (χ3n) is 1.84. The summed E-state index contributed by atoms with van der Waals surface area (Å²) in [7, 11) is 1.86. The molecule has 1 rings (SSSR count). The van der Waals surface area contributed by atoms with Crippen LogP contribution in [0.1, 0.15) is 25.5 Å². The van der Waals surface area contributed by atoms with Crippen LogP contribution in [-0.4, -0.2) is 16.4 Å². The molecule has 1 aromatic heterocycles. The van der Waals surface area contributed by atoms with Crippen molar-refractivity contribution < 1.29 is 4.74 Å². The maximum absolute atomic E-state index is 5.50. The van der Waals surface area contributed by atoms with Crippen molar-refractivity contribution in [2.45, 2.75) is 26.3 Å². The smallest absolute Gasteiger partial charge is 0.211 e. The molecule has 0 saturated carbocycles. The Morgan fingerprint density at radius 2 is 2.38 bits per heavy atom. The van der Waals surface area contributed by atoms with Gasteiger partial charge < -0.3 is 10.5 Å². The molecule has 0 aliphatic carbocycles. The molecule has 0 fully saturated rings. The molecular formula is C9H17N3O. The standard InChI is InChI=1S/C9H17N3O/c1-3-4-5-13-9-6-8(7-10)11-12(9)2/h6H,3-5,7,10H2,1-2H3. The van der Waals surface area contributed by atoms with E-state index < -0.39 is 0 Å². The highest BCUT2D eigenvalue weighted by Crippen LogP contribution is 2.11. The van der Waals surface area contributed by atoms with E-state index in [1.807, 2.05) is 13.1 Å². The van der Waals surface area contributed by atoms with Crippen LogP contribution in [0.5, 0.6) is 5.88 Å². The molecule has 1 aromatic rings. The van der Waals surface area contributed by atoms with Crippen LogP contribution in [0.2, 0.25) is 0 Å². The van der Waals surface area contributed by atoms with E-state index >= 15 is 0 Å². The van der Waals surface area contributed by atoms with Gasteiger partial charge in [-0.3, -0.25) is 0 Å². The lowest BCUT2D eigenvalue weighted by Gasteiger charge is -2.03. The zero-order valence-electron chi connectivity index (χ0n) is 8.29. The van der Waals surface area contributed by atoms with Crippen LogP contribution in [0.15, 0.2) is 6.07 Å². The fourth-order valence-corrected chi connectivity index (χ4v) is 1.06. The second kappa shape index (κ2) is 4.87. The van der Waals surface area contributed by atoms with Crippen LogP contribution in [0.4, 0.5) is 0 Å². The first-order chi connectivity index (χ1) is 6.27. The lowest BCUT2D eigenvalue weighted by Crippen LogP contribution is -2.02. The van der Waals surface area contributed by atoms with E-state index in [2.05, 4.69) is 12.0 Å². The van der Waals surface area contributed by atoms with Crippen LogP contribution in [0.25, 0.3) is 0 Å². The predicted octanol–water partition coefficient (Wildman–Crippen LogP) is 1.06. The average Bonchev–Trinajstić information content (AvgIpc) is 2.48. The van der Waals surface area contributed by atoms with E-state index in [-0.39, 0.29) is 0 Å². The van der Waals surface area contributed by atoms with Gasteiger partial charge in [0.1, 0.15) is 0 Å². The molecule has 0 aliphatic heterocycles. The van der Waals surface area contributed by atoms with Crippen molar-refractivity contribution in [2.75, 3.05) is 6.61 Å². The molecule has 4 nitrogen and oxygen atoms in total. The van der Waals surface area contributed by atoms with Crippen molar-refractivity contribution in [3.63, 3.8) is 0 Å². The van der Waals surface area contributed by atoms with E-state index in [1.165, 1.54) is 0 Å². The summed E-state index contributed by atoms with van der Waals surface area (Å²) in [5.41, 5.74) is 6.32. The van der Waals surface area contributed by atoms with Gasteiger partial charge >= 0.3 is 0 Å². The van der Waals surface area contributed by atoms with Crippen LogP contribution in [0.3, 0.4) is 0 Å². The summed E-state index contributed by atoms with van der Waals surface area (Å²) < 4.78 is 7.22. The summed E-state index contributed by atoms with van der Waals surface area (Å²) in [6, 6.07) is 1.88. The van der Waals surface area contributed by atoms with Crippen LogP contribution >= 0.6 is 0 Å². The van der Waals surface area contributed by atoms with Crippen molar-refractivity contribution >= 4 is 0 Å².